The van der Waals surface area contributed by atoms with E-state index in [0.717, 1.165) is 56.9 Å². The molecule has 2 nitrogen and oxygen atoms in total. The Labute approximate surface area is 284 Å². The topological polar surface area (TPSA) is 34.1 Å². The maximum Gasteiger partial charge on any atom is 0.160 e. The molecule has 1 aromatic rings. The second-order valence-corrected chi connectivity index (χ2v) is 18.7. The molecule has 3 saturated carbocycles. The van der Waals surface area contributed by atoms with E-state index in [4.69, 9.17) is 0 Å². The van der Waals surface area contributed by atoms with Crippen LogP contribution in [0.15, 0.2) is 64.8 Å². The van der Waals surface area contributed by atoms with Crippen LogP contribution in [0.1, 0.15) is 125 Å². The minimum absolute atomic E-state index is 0.0670. The van der Waals surface area contributed by atoms with Crippen molar-refractivity contribution in [3.63, 3.8) is 0 Å². The number of halogens is 1. The Balaban J connectivity index is 1.19. The van der Waals surface area contributed by atoms with Crippen molar-refractivity contribution in [1.29, 1.82) is 0 Å². The number of ketones is 1. The summed E-state index contributed by atoms with van der Waals surface area (Å²) in [5, 5.41) is 0. The number of hydrogen-bond acceptors (Lipinski definition) is 2. The molecule has 0 spiro atoms. The number of benzene rings is 1. The lowest BCUT2D eigenvalue weighted by atomic mass is 9.33. The zero-order valence-corrected chi connectivity index (χ0v) is 30.3. The van der Waals surface area contributed by atoms with Crippen molar-refractivity contribution in [2.45, 2.75) is 126 Å². The van der Waals surface area contributed by atoms with Crippen LogP contribution in [-0.2, 0) is 16.0 Å². The largest absolute Gasteiger partial charge is 0.302 e. The third kappa shape index (κ3) is 4.59. The van der Waals surface area contributed by atoms with Crippen LogP contribution in [0, 0.1) is 56.2 Å². The van der Waals surface area contributed by atoms with Crippen LogP contribution in [0.4, 0.5) is 4.39 Å². The molecule has 8 atom stereocenters. The van der Waals surface area contributed by atoms with E-state index in [1.807, 2.05) is 6.07 Å². The van der Waals surface area contributed by atoms with E-state index in [1.54, 1.807) is 5.57 Å². The molecular formula is C44H59FO2. The quantitative estimate of drug-likeness (QED) is 0.291. The standard InChI is InChI=1S/C44H59FO2/c1-29(2)37-34(47)26-44(28-46)24-23-41(6)33(38(37)44)13-14-36-40(5)19-17-32(39(3,4)35(40)18-20-42(36,41)7)31-15-21-43(27-45,22-16-31)25-30-11-9-8-10-12-30/h8-12,15,17,28-29,33,35-36H,13-14,16,18-27H2,1-7H3/t33-,35+,36-,40+,41-,42-,43-,44+/m1/s1. The zero-order chi connectivity index (χ0) is 33.6. The molecule has 6 aliphatic rings. The third-order valence-corrected chi connectivity index (χ3v) is 16.0. The lowest BCUT2D eigenvalue weighted by Gasteiger charge is -2.71. The minimum atomic E-state index is -0.551. The van der Waals surface area contributed by atoms with Crippen LogP contribution in [0.5, 0.6) is 0 Å². The number of alkyl halides is 1. The number of aldehydes is 1. The molecule has 6 aliphatic carbocycles. The van der Waals surface area contributed by atoms with Gasteiger partial charge in [-0.1, -0.05) is 91.0 Å². The first-order chi connectivity index (χ1) is 22.2. The fraction of sp³-hybridized carbons (Fsp3) is 0.682. The van der Waals surface area contributed by atoms with Crippen molar-refractivity contribution in [2.75, 3.05) is 6.67 Å². The molecule has 0 aliphatic heterocycles. The van der Waals surface area contributed by atoms with Gasteiger partial charge in [-0.25, -0.2) is 0 Å². The Hall–Kier alpha value is -2.29. The zero-order valence-electron chi connectivity index (χ0n) is 30.3. The average molecular weight is 639 g/mol. The maximum absolute atomic E-state index is 14.7. The Kier molecular flexibility index (Phi) is 7.85. The maximum atomic E-state index is 14.7. The van der Waals surface area contributed by atoms with Gasteiger partial charge in [0, 0.05) is 11.8 Å². The highest BCUT2D eigenvalue weighted by molar-refractivity contribution is 6.03. The number of carbonyl (C=O) groups excluding carboxylic acids is 2. The highest BCUT2D eigenvalue weighted by atomic mass is 19.1. The lowest BCUT2D eigenvalue weighted by Crippen LogP contribution is -2.64. The third-order valence-electron chi connectivity index (χ3n) is 16.0. The molecule has 0 saturated heterocycles. The first kappa shape index (κ1) is 33.2. The molecule has 3 heteroatoms. The van der Waals surface area contributed by atoms with E-state index in [1.165, 1.54) is 42.3 Å². The van der Waals surface area contributed by atoms with Gasteiger partial charge in [-0.05, 0) is 144 Å². The number of rotatable bonds is 6. The minimum Gasteiger partial charge on any atom is -0.302 e. The predicted molar refractivity (Wildman–Crippen MR) is 189 cm³/mol. The van der Waals surface area contributed by atoms with Crippen LogP contribution in [0.2, 0.25) is 0 Å². The summed E-state index contributed by atoms with van der Waals surface area (Å²) >= 11 is 0. The van der Waals surface area contributed by atoms with Crippen molar-refractivity contribution in [3.05, 3.63) is 70.3 Å². The summed E-state index contributed by atoms with van der Waals surface area (Å²) < 4.78 is 14.7. The van der Waals surface area contributed by atoms with Gasteiger partial charge < -0.3 is 4.79 Å². The highest BCUT2D eigenvalue weighted by Crippen LogP contribution is 2.76. The van der Waals surface area contributed by atoms with Gasteiger partial charge in [-0.2, -0.15) is 0 Å². The number of allylic oxidation sites excluding steroid dienone is 6. The number of Topliss-reactive ketones (excluding diaryl/α,β-unsaturated/α-hetero) is 1. The van der Waals surface area contributed by atoms with Crippen LogP contribution in [-0.4, -0.2) is 18.7 Å². The molecule has 0 unspecified atom stereocenters. The first-order valence-electron chi connectivity index (χ1n) is 18.9. The van der Waals surface area contributed by atoms with Crippen molar-refractivity contribution >= 4 is 12.1 Å². The molecule has 3 fully saturated rings. The van der Waals surface area contributed by atoms with Gasteiger partial charge in [0.15, 0.2) is 5.78 Å². The summed E-state index contributed by atoms with van der Waals surface area (Å²) in [6.07, 6.45) is 17.9. The van der Waals surface area contributed by atoms with Crippen molar-refractivity contribution in [3.8, 4) is 0 Å². The van der Waals surface area contributed by atoms with Crippen LogP contribution < -0.4 is 0 Å². The molecule has 1 aromatic carbocycles. The van der Waals surface area contributed by atoms with E-state index in [-0.39, 0.29) is 45.5 Å². The van der Waals surface area contributed by atoms with Crippen molar-refractivity contribution < 1.29 is 14.0 Å². The summed E-state index contributed by atoms with van der Waals surface area (Å²) in [5.41, 5.74) is 6.23. The molecule has 0 N–H and O–H groups in total. The molecule has 0 bridgehead atoms. The number of hydrogen-bond donors (Lipinski definition) is 0. The highest BCUT2D eigenvalue weighted by Gasteiger charge is 2.69. The van der Waals surface area contributed by atoms with Gasteiger partial charge in [0.1, 0.15) is 6.29 Å². The van der Waals surface area contributed by atoms with E-state index in [9.17, 15) is 14.0 Å². The average Bonchev–Trinajstić information content (AvgIpc) is 3.35. The molecule has 0 aromatic heterocycles. The van der Waals surface area contributed by atoms with Crippen molar-refractivity contribution in [2.24, 2.45) is 56.2 Å². The van der Waals surface area contributed by atoms with E-state index >= 15 is 0 Å². The molecule has 254 valence electrons. The Morgan fingerprint density at radius 1 is 0.872 bits per heavy atom. The Morgan fingerprint density at radius 2 is 1.62 bits per heavy atom. The lowest BCUT2D eigenvalue weighted by molar-refractivity contribution is -0.198. The molecule has 0 heterocycles. The fourth-order valence-corrected chi connectivity index (χ4v) is 13.5. The SMILES string of the molecule is CC(C)C1=C2[C@H]3CC[C@@H]4[C@@]5(C)CC=C(C6=CC[C@](CF)(Cc7ccccc7)CC6)C(C)(C)[C@@H]5CC[C@@]4(C)[C@]3(C)CC[C@@]2(C=O)CC1=O. The molecular weight excluding hydrogens is 579 g/mol. The van der Waals surface area contributed by atoms with Crippen molar-refractivity contribution in [1.82, 2.24) is 0 Å². The molecule has 0 radical (unpaired) electrons. The normalized spacial score (nSPS) is 42.6. The monoisotopic (exact) mass is 638 g/mol. The fourth-order valence-electron chi connectivity index (χ4n) is 13.5. The summed E-state index contributed by atoms with van der Waals surface area (Å²) in [6.45, 7) is 16.9. The van der Waals surface area contributed by atoms with Crippen LogP contribution >= 0.6 is 0 Å². The number of fused-ring (bicyclic) bond motifs is 7. The molecule has 7 rings (SSSR count). The Bertz CT molecular complexity index is 1550. The van der Waals surface area contributed by atoms with Gasteiger partial charge in [0.05, 0.1) is 12.1 Å². The van der Waals surface area contributed by atoms with E-state index in [2.05, 4.69) is 84.9 Å². The first-order valence-corrected chi connectivity index (χ1v) is 18.9. The molecule has 47 heavy (non-hydrogen) atoms. The van der Waals surface area contributed by atoms with E-state index in [0.29, 0.717) is 24.2 Å². The second-order valence-electron chi connectivity index (χ2n) is 18.7. The molecule has 0 amide bonds. The predicted octanol–water partition coefficient (Wildman–Crippen LogP) is 11.0. The summed E-state index contributed by atoms with van der Waals surface area (Å²) in [7, 11) is 0. The summed E-state index contributed by atoms with van der Waals surface area (Å²) in [4.78, 5) is 26.3. The van der Waals surface area contributed by atoms with Gasteiger partial charge >= 0.3 is 0 Å². The van der Waals surface area contributed by atoms with Crippen LogP contribution in [0.3, 0.4) is 0 Å². The van der Waals surface area contributed by atoms with Gasteiger partial charge in [0.25, 0.3) is 0 Å². The summed E-state index contributed by atoms with van der Waals surface area (Å²) in [6, 6.07) is 10.5. The Morgan fingerprint density at radius 3 is 2.26 bits per heavy atom. The van der Waals surface area contributed by atoms with Gasteiger partial charge in [0.2, 0.25) is 0 Å². The van der Waals surface area contributed by atoms with Gasteiger partial charge in [-0.3, -0.25) is 9.18 Å². The smallest absolute Gasteiger partial charge is 0.160 e. The second kappa shape index (κ2) is 11.1. The summed E-state index contributed by atoms with van der Waals surface area (Å²) in [5.74, 6) is 1.95. The van der Waals surface area contributed by atoms with E-state index < -0.39 is 5.41 Å². The van der Waals surface area contributed by atoms with Crippen LogP contribution in [0.25, 0.3) is 0 Å². The van der Waals surface area contributed by atoms with Gasteiger partial charge in [-0.15, -0.1) is 0 Å². The number of carbonyl (C=O) groups is 2.